The molecule has 0 fully saturated rings. The Morgan fingerprint density at radius 3 is 2.58 bits per heavy atom. The number of hydrogen-bond donors (Lipinski definition) is 0. The summed E-state index contributed by atoms with van der Waals surface area (Å²) in [7, 11) is 0. The highest BCUT2D eigenvalue weighted by atomic mass is 35.5. The Labute approximate surface area is 113 Å². The van der Waals surface area contributed by atoms with E-state index in [1.54, 1.807) is 13.8 Å². The van der Waals surface area contributed by atoms with Gasteiger partial charge < -0.3 is 9.47 Å². The van der Waals surface area contributed by atoms with E-state index in [1.807, 2.05) is 0 Å². The molecule has 0 saturated heterocycles. The number of anilines is 1. The molecule has 0 saturated carbocycles. The Hall–Kier alpha value is -1.24. The Kier molecular flexibility index (Phi) is 5.22. The van der Waals surface area contributed by atoms with Crippen molar-refractivity contribution in [3.05, 3.63) is 22.7 Å². The summed E-state index contributed by atoms with van der Waals surface area (Å²) in [5.41, 5.74) is -0.549. The predicted molar refractivity (Wildman–Crippen MR) is 67.9 cm³/mol. The molecule has 0 aromatic carbocycles. The topological polar surface area (TPSA) is 38.1 Å². The van der Waals surface area contributed by atoms with Crippen LogP contribution in [-0.4, -0.2) is 34.7 Å². The maximum atomic E-state index is 12.5. The zero-order valence-corrected chi connectivity index (χ0v) is 11.4. The largest absolute Gasteiger partial charge is 0.405 e. The van der Waals surface area contributed by atoms with E-state index in [2.05, 4.69) is 4.98 Å². The monoisotopic (exact) mass is 297 g/mol. The van der Waals surface area contributed by atoms with E-state index < -0.39 is 18.3 Å². The van der Waals surface area contributed by atoms with Crippen LogP contribution in [0.25, 0.3) is 0 Å². The Morgan fingerprint density at radius 1 is 1.47 bits per heavy atom. The zero-order chi connectivity index (χ0) is 14.6. The molecule has 4 nitrogen and oxygen atoms in total. The summed E-state index contributed by atoms with van der Waals surface area (Å²) in [5, 5.41) is 0. The summed E-state index contributed by atoms with van der Waals surface area (Å²) in [5.74, 6) is -0.248. The highest BCUT2D eigenvalue weighted by molar-refractivity contribution is 6.18. The van der Waals surface area contributed by atoms with Crippen LogP contribution in [0.15, 0.2) is 17.2 Å². The molecule has 108 valence electrons. The van der Waals surface area contributed by atoms with Crippen LogP contribution in [0.2, 0.25) is 0 Å². The summed E-state index contributed by atoms with van der Waals surface area (Å²) in [6, 6.07) is -0.155. The smallest absolute Gasteiger partial charge is 0.342 e. The average molecular weight is 298 g/mol. The van der Waals surface area contributed by atoms with Gasteiger partial charge in [0.1, 0.15) is 6.54 Å². The molecular formula is C11H15ClF3N3O. The first kappa shape index (κ1) is 15.8. The molecule has 0 aliphatic rings. The van der Waals surface area contributed by atoms with Gasteiger partial charge in [-0.15, -0.1) is 11.6 Å². The van der Waals surface area contributed by atoms with Gasteiger partial charge in [0.25, 0.3) is 5.56 Å². The molecule has 0 N–H and O–H groups in total. The molecule has 1 rings (SSSR count). The summed E-state index contributed by atoms with van der Waals surface area (Å²) in [6.45, 7) is 2.19. The van der Waals surface area contributed by atoms with E-state index >= 15 is 0 Å². The van der Waals surface area contributed by atoms with E-state index in [1.165, 1.54) is 17.0 Å². The van der Waals surface area contributed by atoms with Gasteiger partial charge in [-0.3, -0.25) is 4.79 Å². The van der Waals surface area contributed by atoms with Crippen molar-refractivity contribution in [1.29, 1.82) is 0 Å². The van der Waals surface area contributed by atoms with Crippen molar-refractivity contribution >= 4 is 17.4 Å². The van der Waals surface area contributed by atoms with E-state index in [-0.39, 0.29) is 24.3 Å². The second-order valence-electron chi connectivity index (χ2n) is 4.28. The van der Waals surface area contributed by atoms with Crippen LogP contribution in [0, 0.1) is 0 Å². The number of alkyl halides is 4. The van der Waals surface area contributed by atoms with Crippen LogP contribution in [0.3, 0.4) is 0 Å². The maximum absolute atomic E-state index is 12.5. The van der Waals surface area contributed by atoms with Crippen LogP contribution in [-0.2, 0) is 0 Å². The fraction of sp³-hybridized carbons (Fsp3) is 0.636. The van der Waals surface area contributed by atoms with Gasteiger partial charge >= 0.3 is 6.18 Å². The van der Waals surface area contributed by atoms with Crippen LogP contribution in [0.1, 0.15) is 19.9 Å². The third kappa shape index (κ3) is 4.41. The number of nitrogens with zero attached hydrogens (tertiary/aromatic N) is 3. The van der Waals surface area contributed by atoms with Gasteiger partial charge in [0.2, 0.25) is 0 Å². The maximum Gasteiger partial charge on any atom is 0.405 e. The first-order valence-corrected chi connectivity index (χ1v) is 6.24. The molecule has 0 amide bonds. The Morgan fingerprint density at radius 2 is 2.11 bits per heavy atom. The fourth-order valence-electron chi connectivity index (χ4n) is 1.62. The van der Waals surface area contributed by atoms with Crippen molar-refractivity contribution in [2.24, 2.45) is 0 Å². The van der Waals surface area contributed by atoms with Gasteiger partial charge in [-0.1, -0.05) is 0 Å². The van der Waals surface area contributed by atoms with E-state index in [0.717, 1.165) is 4.90 Å². The molecule has 0 unspecified atom stereocenters. The lowest BCUT2D eigenvalue weighted by Crippen LogP contribution is -2.40. The van der Waals surface area contributed by atoms with Gasteiger partial charge in [-0.2, -0.15) is 13.2 Å². The predicted octanol–water partition coefficient (Wildman–Crippen LogP) is 2.43. The SMILES string of the molecule is CC(C)n1ccnc(N(CCCl)CC(F)(F)F)c1=O. The van der Waals surface area contributed by atoms with Gasteiger partial charge in [0.05, 0.1) is 0 Å². The lowest BCUT2D eigenvalue weighted by molar-refractivity contribution is -0.119. The molecule has 1 heterocycles. The lowest BCUT2D eigenvalue weighted by Gasteiger charge is -2.24. The molecule has 0 aliphatic carbocycles. The van der Waals surface area contributed by atoms with Crippen molar-refractivity contribution in [1.82, 2.24) is 9.55 Å². The summed E-state index contributed by atoms with van der Waals surface area (Å²) >= 11 is 5.48. The normalized spacial score (nSPS) is 11.9. The zero-order valence-electron chi connectivity index (χ0n) is 10.6. The lowest BCUT2D eigenvalue weighted by atomic mass is 10.3. The summed E-state index contributed by atoms with van der Waals surface area (Å²) in [4.78, 5) is 16.7. The highest BCUT2D eigenvalue weighted by Crippen LogP contribution is 2.19. The van der Waals surface area contributed by atoms with Crippen molar-refractivity contribution in [2.75, 3.05) is 23.9 Å². The third-order valence-electron chi connectivity index (χ3n) is 2.43. The number of rotatable bonds is 5. The van der Waals surface area contributed by atoms with E-state index in [9.17, 15) is 18.0 Å². The minimum Gasteiger partial charge on any atom is -0.342 e. The minimum absolute atomic E-state index is 0.0201. The molecular weight excluding hydrogens is 283 g/mol. The molecule has 0 atom stereocenters. The highest BCUT2D eigenvalue weighted by Gasteiger charge is 2.32. The molecule has 19 heavy (non-hydrogen) atoms. The van der Waals surface area contributed by atoms with Crippen molar-refractivity contribution < 1.29 is 13.2 Å². The Bertz CT molecular complexity index is 473. The standard InChI is InChI=1S/C11H15ClF3N3O/c1-8(2)18-6-4-16-9(10(18)19)17(5-3-12)7-11(13,14)15/h4,6,8H,3,5,7H2,1-2H3. The first-order valence-electron chi connectivity index (χ1n) is 5.71. The number of halogens is 4. The molecule has 0 spiro atoms. The summed E-state index contributed by atoms with van der Waals surface area (Å²) < 4.78 is 38.8. The van der Waals surface area contributed by atoms with Crippen LogP contribution in [0.5, 0.6) is 0 Å². The quantitative estimate of drug-likeness (QED) is 0.784. The molecule has 1 aromatic heterocycles. The second-order valence-corrected chi connectivity index (χ2v) is 4.66. The molecule has 0 bridgehead atoms. The van der Waals surface area contributed by atoms with Gasteiger partial charge in [-0.25, -0.2) is 4.98 Å². The van der Waals surface area contributed by atoms with Gasteiger partial charge in [0.15, 0.2) is 5.82 Å². The molecule has 8 heteroatoms. The van der Waals surface area contributed by atoms with Crippen molar-refractivity contribution in [3.63, 3.8) is 0 Å². The Balaban J connectivity index is 3.16. The van der Waals surface area contributed by atoms with E-state index in [4.69, 9.17) is 11.6 Å². The van der Waals surface area contributed by atoms with Gasteiger partial charge in [0, 0.05) is 30.9 Å². The second kappa shape index (κ2) is 6.27. The van der Waals surface area contributed by atoms with Crippen molar-refractivity contribution in [2.45, 2.75) is 26.1 Å². The average Bonchev–Trinajstić information content (AvgIpc) is 2.26. The number of aromatic nitrogens is 2. The molecule has 0 radical (unpaired) electrons. The van der Waals surface area contributed by atoms with Crippen LogP contribution in [0.4, 0.5) is 19.0 Å². The fourth-order valence-corrected chi connectivity index (χ4v) is 1.82. The van der Waals surface area contributed by atoms with E-state index in [0.29, 0.717) is 0 Å². The minimum atomic E-state index is -4.42. The third-order valence-corrected chi connectivity index (χ3v) is 2.60. The molecule has 1 aromatic rings. The van der Waals surface area contributed by atoms with Crippen LogP contribution >= 0.6 is 11.6 Å². The van der Waals surface area contributed by atoms with Crippen LogP contribution < -0.4 is 10.5 Å². The molecule has 0 aliphatic heterocycles. The van der Waals surface area contributed by atoms with Crippen molar-refractivity contribution in [3.8, 4) is 0 Å². The van der Waals surface area contributed by atoms with Gasteiger partial charge in [-0.05, 0) is 13.8 Å². The first-order chi connectivity index (χ1) is 8.76. The number of hydrogen-bond acceptors (Lipinski definition) is 3. The summed E-state index contributed by atoms with van der Waals surface area (Å²) in [6.07, 6.45) is -1.66.